The lowest BCUT2D eigenvalue weighted by Crippen LogP contribution is -2.49. The van der Waals surface area contributed by atoms with Gasteiger partial charge in [-0.1, -0.05) is 52.5 Å². The molecule has 0 saturated heterocycles. The normalized spacial score (nSPS) is 13.1. The fourth-order valence-corrected chi connectivity index (χ4v) is 2.95. The van der Waals surface area contributed by atoms with Gasteiger partial charge in [-0.25, -0.2) is 13.6 Å². The van der Waals surface area contributed by atoms with E-state index in [0.29, 0.717) is 11.3 Å². The predicted octanol–water partition coefficient (Wildman–Crippen LogP) is 3.18. The van der Waals surface area contributed by atoms with Gasteiger partial charge in [0.25, 0.3) is 5.91 Å². The van der Waals surface area contributed by atoms with Gasteiger partial charge < -0.3 is 10.6 Å². The molecule has 0 bridgehead atoms. The lowest BCUT2D eigenvalue weighted by molar-refractivity contribution is 0.0941. The Bertz CT molecular complexity index is 897. The van der Waals surface area contributed by atoms with Crippen LogP contribution in [0.1, 0.15) is 15.9 Å². The number of alkyl halides is 3. The zero-order valence-corrected chi connectivity index (χ0v) is 16.6. The second-order valence-corrected chi connectivity index (χ2v) is 9.46. The van der Waals surface area contributed by atoms with Crippen LogP contribution in [-0.2, 0) is 10.0 Å². The van der Waals surface area contributed by atoms with E-state index in [0.717, 1.165) is 5.56 Å². The number of aryl methyl sites for hydroxylation is 1. The largest absolute Gasteiger partial charge is 0.362 e. The van der Waals surface area contributed by atoms with Gasteiger partial charge in [-0.3, -0.25) is 4.79 Å². The van der Waals surface area contributed by atoms with E-state index >= 15 is 0 Å². The molecule has 2 aromatic carbocycles. The Labute approximate surface area is 166 Å². The highest BCUT2D eigenvalue weighted by molar-refractivity contribution is 7.89. The molecule has 1 atom stereocenters. The lowest BCUT2D eigenvalue weighted by Gasteiger charge is -2.27. The summed E-state index contributed by atoms with van der Waals surface area (Å²) in [6, 6.07) is 12.4. The van der Waals surface area contributed by atoms with Gasteiger partial charge in [0.15, 0.2) is 0 Å². The zero-order valence-electron chi connectivity index (χ0n) is 13.5. The van der Waals surface area contributed by atoms with Gasteiger partial charge in [-0.05, 0) is 43.3 Å². The van der Waals surface area contributed by atoms with Crippen LogP contribution in [-0.4, -0.2) is 24.3 Å². The van der Waals surface area contributed by atoms with Gasteiger partial charge in [0.2, 0.25) is 13.8 Å². The highest BCUT2D eigenvalue weighted by Crippen LogP contribution is 2.31. The topological polar surface area (TPSA) is 101 Å². The number of nitrogens with two attached hydrogens (primary N) is 1. The number of amides is 1. The Hall–Kier alpha value is -1.51. The SMILES string of the molecule is Cc1cccc(C(=O)N[C@@H](Nc2ccc(S(N)(=O)=O)cc2)C(Cl)(Cl)Cl)c1. The summed E-state index contributed by atoms with van der Waals surface area (Å²) in [5.74, 6) is -0.432. The third kappa shape index (κ3) is 5.75. The molecule has 0 unspecified atom stereocenters. The first-order valence-corrected chi connectivity index (χ1v) is 9.98. The molecule has 140 valence electrons. The molecule has 0 radical (unpaired) electrons. The van der Waals surface area contributed by atoms with Crippen LogP contribution >= 0.6 is 34.8 Å². The summed E-state index contributed by atoms with van der Waals surface area (Å²) in [5, 5.41) is 10.5. The van der Waals surface area contributed by atoms with Crippen molar-refractivity contribution in [3.63, 3.8) is 0 Å². The number of sulfonamides is 1. The van der Waals surface area contributed by atoms with Crippen molar-refractivity contribution < 1.29 is 13.2 Å². The van der Waals surface area contributed by atoms with Crippen molar-refractivity contribution in [3.05, 3.63) is 59.7 Å². The number of benzene rings is 2. The highest BCUT2D eigenvalue weighted by Gasteiger charge is 2.34. The van der Waals surface area contributed by atoms with Crippen molar-refractivity contribution >= 4 is 56.4 Å². The second kappa shape index (κ2) is 8.02. The minimum Gasteiger partial charge on any atom is -0.362 e. The molecular weight excluding hydrogens is 421 g/mol. The average molecular weight is 437 g/mol. The Morgan fingerprint density at radius 3 is 2.23 bits per heavy atom. The fourth-order valence-electron chi connectivity index (χ4n) is 2.11. The lowest BCUT2D eigenvalue weighted by atomic mass is 10.1. The third-order valence-electron chi connectivity index (χ3n) is 3.38. The van der Waals surface area contributed by atoms with Crippen molar-refractivity contribution in [1.29, 1.82) is 0 Å². The maximum Gasteiger partial charge on any atom is 0.252 e. The molecule has 1 amide bonds. The number of carbonyl (C=O) groups excluding carboxylic acids is 1. The molecule has 2 rings (SSSR count). The standard InChI is InChI=1S/C16H16Cl3N3O3S/c1-10-3-2-4-11(9-10)14(23)22-15(16(17,18)19)21-12-5-7-13(8-6-12)26(20,24)25/h2-9,15,21H,1H3,(H,22,23)(H2,20,24,25)/t15-/m1/s1. The van der Waals surface area contributed by atoms with Crippen LogP contribution in [0.3, 0.4) is 0 Å². The van der Waals surface area contributed by atoms with Crippen molar-refractivity contribution in [1.82, 2.24) is 5.32 Å². The Kier molecular flexibility index (Phi) is 6.42. The minimum absolute atomic E-state index is 0.0581. The van der Waals surface area contributed by atoms with Gasteiger partial charge in [0.1, 0.15) is 6.17 Å². The van der Waals surface area contributed by atoms with Crippen LogP contribution in [0.2, 0.25) is 0 Å². The van der Waals surface area contributed by atoms with Crippen LogP contribution in [0, 0.1) is 6.92 Å². The number of rotatable bonds is 5. The highest BCUT2D eigenvalue weighted by atomic mass is 35.6. The molecule has 10 heteroatoms. The second-order valence-electron chi connectivity index (χ2n) is 5.53. The molecule has 0 aromatic heterocycles. The molecule has 2 aromatic rings. The fraction of sp³-hybridized carbons (Fsp3) is 0.188. The molecule has 0 aliphatic heterocycles. The Morgan fingerprint density at radius 1 is 1.12 bits per heavy atom. The predicted molar refractivity (Wildman–Crippen MR) is 104 cm³/mol. The summed E-state index contributed by atoms with van der Waals surface area (Å²) in [5.41, 5.74) is 1.75. The molecule has 0 aliphatic rings. The first-order chi connectivity index (χ1) is 12.0. The Balaban J connectivity index is 2.19. The first-order valence-electron chi connectivity index (χ1n) is 7.30. The minimum atomic E-state index is -3.81. The quantitative estimate of drug-likeness (QED) is 0.495. The number of nitrogens with one attached hydrogen (secondary N) is 2. The maximum absolute atomic E-state index is 12.4. The van der Waals surface area contributed by atoms with Crippen LogP contribution < -0.4 is 15.8 Å². The van der Waals surface area contributed by atoms with E-state index in [1.54, 1.807) is 18.2 Å². The van der Waals surface area contributed by atoms with Crippen molar-refractivity contribution in [2.75, 3.05) is 5.32 Å². The number of primary sulfonamides is 1. The molecule has 26 heavy (non-hydrogen) atoms. The van der Waals surface area contributed by atoms with E-state index in [-0.39, 0.29) is 4.90 Å². The molecule has 4 N–H and O–H groups in total. The molecule has 6 nitrogen and oxygen atoms in total. The van der Waals surface area contributed by atoms with E-state index in [9.17, 15) is 13.2 Å². The van der Waals surface area contributed by atoms with Gasteiger partial charge in [0.05, 0.1) is 4.90 Å². The smallest absolute Gasteiger partial charge is 0.252 e. The van der Waals surface area contributed by atoms with Crippen LogP contribution in [0.25, 0.3) is 0 Å². The van der Waals surface area contributed by atoms with Crippen molar-refractivity contribution in [3.8, 4) is 0 Å². The summed E-state index contributed by atoms with van der Waals surface area (Å²) in [4.78, 5) is 12.3. The summed E-state index contributed by atoms with van der Waals surface area (Å²) in [6.07, 6.45) is -1.07. The molecule has 0 fully saturated rings. The molecule has 0 heterocycles. The first kappa shape index (κ1) is 20.8. The summed E-state index contributed by atoms with van der Waals surface area (Å²) in [6.45, 7) is 1.86. The summed E-state index contributed by atoms with van der Waals surface area (Å²) in [7, 11) is -3.81. The van der Waals surface area contributed by atoms with Crippen LogP contribution in [0.15, 0.2) is 53.4 Å². The third-order valence-corrected chi connectivity index (χ3v) is 4.96. The molecule has 0 saturated carbocycles. The average Bonchev–Trinajstić information content (AvgIpc) is 2.53. The van der Waals surface area contributed by atoms with Gasteiger partial charge in [-0.2, -0.15) is 0 Å². The van der Waals surface area contributed by atoms with E-state index in [1.807, 2.05) is 13.0 Å². The van der Waals surface area contributed by atoms with E-state index in [2.05, 4.69) is 10.6 Å². The number of halogens is 3. The molecular formula is C16H16Cl3N3O3S. The van der Waals surface area contributed by atoms with Crippen LogP contribution in [0.5, 0.6) is 0 Å². The van der Waals surface area contributed by atoms with Crippen molar-refractivity contribution in [2.24, 2.45) is 5.14 Å². The Morgan fingerprint density at radius 2 is 1.73 bits per heavy atom. The molecule has 0 spiro atoms. The monoisotopic (exact) mass is 435 g/mol. The van der Waals surface area contributed by atoms with Crippen molar-refractivity contribution in [2.45, 2.75) is 21.8 Å². The van der Waals surface area contributed by atoms with Gasteiger partial charge in [-0.15, -0.1) is 0 Å². The molecule has 0 aliphatic carbocycles. The van der Waals surface area contributed by atoms with Gasteiger partial charge >= 0.3 is 0 Å². The number of carbonyl (C=O) groups is 1. The zero-order chi connectivity index (χ0) is 19.5. The summed E-state index contributed by atoms with van der Waals surface area (Å²) < 4.78 is 20.7. The van der Waals surface area contributed by atoms with E-state index < -0.39 is 25.9 Å². The number of hydrogen-bond donors (Lipinski definition) is 3. The summed E-state index contributed by atoms with van der Waals surface area (Å²) >= 11 is 17.9. The maximum atomic E-state index is 12.4. The number of hydrogen-bond acceptors (Lipinski definition) is 4. The van der Waals surface area contributed by atoms with Gasteiger partial charge in [0, 0.05) is 11.3 Å². The van der Waals surface area contributed by atoms with E-state index in [1.165, 1.54) is 24.3 Å². The van der Waals surface area contributed by atoms with E-state index in [4.69, 9.17) is 39.9 Å². The van der Waals surface area contributed by atoms with Crippen LogP contribution in [0.4, 0.5) is 5.69 Å². The number of anilines is 1.